The van der Waals surface area contributed by atoms with Gasteiger partial charge in [0.2, 0.25) is 0 Å². The van der Waals surface area contributed by atoms with E-state index in [-0.39, 0.29) is 12.8 Å². The third-order valence-corrected chi connectivity index (χ3v) is 9.29. The number of halogens is 2. The minimum absolute atomic E-state index is 0.0566. The van der Waals surface area contributed by atoms with Gasteiger partial charge in [-0.1, -0.05) is 109 Å². The SMILES string of the molecule is Cc1cc2ccccc2cc1N1C(=O)N(c2cc3ccccc3cc2C)[C@H]([C@@H](F)Cc2ccccc2)[C@H]1[C@@H](F)Cc1ccccc1. The van der Waals surface area contributed by atoms with Crippen LogP contribution >= 0.6 is 0 Å². The van der Waals surface area contributed by atoms with Crippen LogP contribution in [-0.2, 0) is 12.8 Å². The van der Waals surface area contributed by atoms with Gasteiger partial charge in [-0.2, -0.15) is 0 Å². The number of nitrogens with zero attached hydrogens (tertiary/aromatic N) is 2. The van der Waals surface area contributed by atoms with Crippen molar-refractivity contribution in [1.82, 2.24) is 0 Å². The smallest absolute Gasteiger partial charge is 0.286 e. The maximum atomic E-state index is 17.2. The van der Waals surface area contributed by atoms with Crippen molar-refractivity contribution in [2.45, 2.75) is 51.1 Å². The maximum Gasteiger partial charge on any atom is 0.329 e. The molecule has 7 rings (SSSR count). The highest BCUT2D eigenvalue weighted by molar-refractivity contribution is 6.10. The molecule has 4 atom stereocenters. The molecule has 1 aliphatic rings. The minimum Gasteiger partial charge on any atom is -0.286 e. The molecule has 0 aromatic heterocycles. The van der Waals surface area contributed by atoms with Crippen LogP contribution in [0.5, 0.6) is 0 Å². The molecule has 5 heteroatoms. The van der Waals surface area contributed by atoms with Crippen molar-refractivity contribution in [2.24, 2.45) is 0 Å². The Morgan fingerprint density at radius 2 is 0.848 bits per heavy atom. The van der Waals surface area contributed by atoms with E-state index in [0.29, 0.717) is 11.4 Å². The summed E-state index contributed by atoms with van der Waals surface area (Å²) in [6.07, 6.45) is -2.97. The molecule has 0 N–H and O–H groups in total. The highest BCUT2D eigenvalue weighted by Gasteiger charge is 2.54. The van der Waals surface area contributed by atoms with Crippen LogP contribution in [-0.4, -0.2) is 30.5 Å². The van der Waals surface area contributed by atoms with E-state index in [9.17, 15) is 4.79 Å². The number of anilines is 2. The zero-order valence-corrected chi connectivity index (χ0v) is 26.0. The number of hydrogen-bond acceptors (Lipinski definition) is 1. The Bertz CT molecular complexity index is 1870. The average molecular weight is 611 g/mol. The molecule has 3 nitrogen and oxygen atoms in total. The number of rotatable bonds is 8. The van der Waals surface area contributed by atoms with Crippen molar-refractivity contribution in [2.75, 3.05) is 9.80 Å². The van der Waals surface area contributed by atoms with Crippen LogP contribution in [0.1, 0.15) is 22.3 Å². The number of carbonyl (C=O) groups excluding carboxylic acids is 1. The summed E-state index contributed by atoms with van der Waals surface area (Å²) in [4.78, 5) is 18.0. The summed E-state index contributed by atoms with van der Waals surface area (Å²) in [6, 6.07) is 40.0. The van der Waals surface area contributed by atoms with Crippen LogP contribution in [0.2, 0.25) is 0 Å². The lowest BCUT2D eigenvalue weighted by atomic mass is 9.90. The van der Waals surface area contributed by atoms with Crippen molar-refractivity contribution in [3.63, 3.8) is 0 Å². The standard InChI is InChI=1S/C41H36F2N2O/c1-27-21-31-17-9-11-19-33(31)25-37(27)44-39(35(42)23-29-13-5-3-6-14-29)40(36(43)24-30-15-7-4-8-16-30)45(41(44)46)38-26-34-20-12-10-18-32(34)22-28(38)2/h3-22,25-26,35-36,39-40H,23-24H2,1-2H3/t35-,36-,39+,40+/m0/s1. The van der Waals surface area contributed by atoms with Gasteiger partial charge in [0.05, 0.1) is 12.1 Å². The van der Waals surface area contributed by atoms with Crippen molar-refractivity contribution in [3.05, 3.63) is 156 Å². The third kappa shape index (κ3) is 5.51. The Labute approximate surface area is 268 Å². The molecule has 0 unspecified atom stereocenters. The number of aryl methyl sites for hydroxylation is 2. The molecule has 0 aliphatic carbocycles. The zero-order valence-electron chi connectivity index (χ0n) is 26.0. The molecule has 230 valence electrons. The molecular weight excluding hydrogens is 574 g/mol. The van der Waals surface area contributed by atoms with Gasteiger partial charge in [-0.25, -0.2) is 13.6 Å². The lowest BCUT2D eigenvalue weighted by Crippen LogP contribution is -2.50. The molecule has 0 bridgehead atoms. The van der Waals surface area contributed by atoms with E-state index < -0.39 is 30.5 Å². The van der Waals surface area contributed by atoms with Crippen LogP contribution in [0.25, 0.3) is 21.5 Å². The number of carbonyl (C=O) groups is 1. The molecule has 0 saturated carbocycles. The van der Waals surface area contributed by atoms with Crippen LogP contribution in [0, 0.1) is 13.8 Å². The lowest BCUT2D eigenvalue weighted by Gasteiger charge is -2.33. The Morgan fingerprint density at radius 1 is 0.522 bits per heavy atom. The van der Waals surface area contributed by atoms with Crippen molar-refractivity contribution >= 4 is 39.0 Å². The monoisotopic (exact) mass is 610 g/mol. The number of alkyl halides is 2. The van der Waals surface area contributed by atoms with Gasteiger partial charge in [-0.05, 0) is 81.9 Å². The maximum absolute atomic E-state index is 17.2. The van der Waals surface area contributed by atoms with Crippen molar-refractivity contribution in [3.8, 4) is 0 Å². The molecule has 0 spiro atoms. The summed E-state index contributed by atoms with van der Waals surface area (Å²) in [5.74, 6) is 0. The van der Waals surface area contributed by atoms with Gasteiger partial charge in [0.1, 0.15) is 12.3 Å². The lowest BCUT2D eigenvalue weighted by molar-refractivity contribution is 0.202. The molecule has 1 heterocycles. The number of amides is 2. The Hall–Kier alpha value is -5.03. The highest BCUT2D eigenvalue weighted by atomic mass is 19.1. The molecule has 1 aliphatic heterocycles. The first-order valence-corrected chi connectivity index (χ1v) is 15.9. The normalized spacial score (nSPS) is 18.0. The van der Waals surface area contributed by atoms with Gasteiger partial charge in [-0.15, -0.1) is 0 Å². The van der Waals surface area contributed by atoms with Crippen LogP contribution in [0.4, 0.5) is 25.0 Å². The van der Waals surface area contributed by atoms with E-state index >= 15 is 8.78 Å². The fourth-order valence-corrected chi connectivity index (χ4v) is 7.08. The summed E-state index contributed by atoms with van der Waals surface area (Å²) in [5, 5.41) is 3.93. The second-order valence-corrected chi connectivity index (χ2v) is 12.4. The summed E-state index contributed by atoms with van der Waals surface area (Å²) in [5.41, 5.74) is 4.46. The zero-order chi connectivity index (χ0) is 31.8. The first-order chi connectivity index (χ1) is 22.4. The Balaban J connectivity index is 1.43. The van der Waals surface area contributed by atoms with Gasteiger partial charge in [0.15, 0.2) is 0 Å². The quantitative estimate of drug-likeness (QED) is 0.168. The molecule has 1 fully saturated rings. The minimum atomic E-state index is -1.54. The van der Waals surface area contributed by atoms with E-state index in [1.807, 2.05) is 147 Å². The number of hydrogen-bond donors (Lipinski definition) is 0. The van der Waals surface area contributed by atoms with Crippen LogP contribution in [0.3, 0.4) is 0 Å². The fraction of sp³-hybridized carbons (Fsp3) is 0.195. The number of fused-ring (bicyclic) bond motifs is 2. The molecule has 6 aromatic rings. The first kappa shape index (κ1) is 29.7. The topological polar surface area (TPSA) is 23.6 Å². The van der Waals surface area contributed by atoms with Gasteiger partial charge in [0.25, 0.3) is 0 Å². The van der Waals surface area contributed by atoms with Crippen molar-refractivity contribution in [1.29, 1.82) is 0 Å². The fourth-order valence-electron chi connectivity index (χ4n) is 7.08. The van der Waals surface area contributed by atoms with Gasteiger partial charge >= 0.3 is 6.03 Å². The molecule has 2 amide bonds. The number of urea groups is 1. The second-order valence-electron chi connectivity index (χ2n) is 12.4. The van der Waals surface area contributed by atoms with Crippen LogP contribution in [0.15, 0.2) is 133 Å². The molecular formula is C41H36F2N2O. The molecule has 46 heavy (non-hydrogen) atoms. The predicted octanol–water partition coefficient (Wildman–Crippen LogP) is 9.96. The van der Waals surface area contributed by atoms with E-state index in [4.69, 9.17) is 0 Å². The highest BCUT2D eigenvalue weighted by Crippen LogP contribution is 2.42. The summed E-state index contributed by atoms with van der Waals surface area (Å²) in [6.45, 7) is 3.87. The molecule has 1 saturated heterocycles. The van der Waals surface area contributed by atoms with Gasteiger partial charge < -0.3 is 0 Å². The average Bonchev–Trinajstić information content (AvgIpc) is 3.37. The van der Waals surface area contributed by atoms with E-state index in [2.05, 4.69) is 0 Å². The van der Waals surface area contributed by atoms with E-state index in [0.717, 1.165) is 43.8 Å². The summed E-state index contributed by atoms with van der Waals surface area (Å²) < 4.78 is 34.3. The van der Waals surface area contributed by atoms with Gasteiger partial charge in [-0.3, -0.25) is 9.80 Å². The third-order valence-electron chi connectivity index (χ3n) is 9.29. The Kier molecular flexibility index (Phi) is 8.00. The van der Waals surface area contributed by atoms with Crippen molar-refractivity contribution < 1.29 is 13.6 Å². The summed E-state index contributed by atoms with van der Waals surface area (Å²) >= 11 is 0. The molecule has 0 radical (unpaired) electrons. The first-order valence-electron chi connectivity index (χ1n) is 15.9. The van der Waals surface area contributed by atoms with Gasteiger partial charge in [0, 0.05) is 24.2 Å². The van der Waals surface area contributed by atoms with E-state index in [1.165, 1.54) is 0 Å². The Morgan fingerprint density at radius 3 is 1.22 bits per heavy atom. The van der Waals surface area contributed by atoms with Crippen LogP contribution < -0.4 is 9.80 Å². The summed E-state index contributed by atoms with van der Waals surface area (Å²) in [7, 11) is 0. The van der Waals surface area contributed by atoms with E-state index in [1.54, 1.807) is 9.80 Å². The number of benzene rings is 6. The second kappa shape index (κ2) is 12.4. The largest absolute Gasteiger partial charge is 0.329 e. The predicted molar refractivity (Wildman–Crippen MR) is 185 cm³/mol. The molecule has 6 aromatic carbocycles.